The van der Waals surface area contributed by atoms with Crippen molar-refractivity contribution in [1.29, 1.82) is 0 Å². The first kappa shape index (κ1) is 19.9. The van der Waals surface area contributed by atoms with E-state index < -0.39 is 15.8 Å². The molecule has 3 rings (SSSR count). The summed E-state index contributed by atoms with van der Waals surface area (Å²) in [5.41, 5.74) is 1.95. The number of nitrogens with zero attached hydrogens (tertiary/aromatic N) is 2. The van der Waals surface area contributed by atoms with Crippen LogP contribution in [0.15, 0.2) is 29.3 Å². The minimum atomic E-state index is -3.11. The summed E-state index contributed by atoms with van der Waals surface area (Å²) < 4.78 is 24.2. The number of carboxylic acids is 1. The highest BCUT2D eigenvalue weighted by Crippen LogP contribution is 2.42. The van der Waals surface area contributed by atoms with Crippen molar-refractivity contribution in [2.24, 2.45) is 4.99 Å². The van der Waals surface area contributed by atoms with Crippen molar-refractivity contribution in [3.8, 4) is 0 Å². The number of hydrogen-bond donors (Lipinski definition) is 1. The van der Waals surface area contributed by atoms with Crippen LogP contribution in [0, 0.1) is 0 Å². The summed E-state index contributed by atoms with van der Waals surface area (Å²) in [5, 5.41) is 9.07. The summed E-state index contributed by atoms with van der Waals surface area (Å²) in [6.45, 7) is 2.03. The van der Waals surface area contributed by atoms with E-state index in [0.717, 1.165) is 17.7 Å². The van der Waals surface area contributed by atoms with Crippen molar-refractivity contribution in [2.45, 2.75) is 43.9 Å². The van der Waals surface area contributed by atoms with E-state index in [9.17, 15) is 18.0 Å². The predicted octanol–water partition coefficient (Wildman–Crippen LogP) is 2.11. The molecule has 0 spiro atoms. The van der Waals surface area contributed by atoms with E-state index in [2.05, 4.69) is 4.99 Å². The summed E-state index contributed by atoms with van der Waals surface area (Å²) in [4.78, 5) is 28.9. The molecule has 2 fully saturated rings. The number of rotatable bonds is 6. The van der Waals surface area contributed by atoms with Crippen LogP contribution in [-0.2, 0) is 25.8 Å². The third-order valence-corrected chi connectivity index (χ3v) is 7.91. The van der Waals surface area contributed by atoms with Crippen molar-refractivity contribution in [3.05, 3.63) is 29.8 Å². The SMILES string of the molecule is CCc1ccccc1N1C(=NC(=O)CCCC(=O)O)S[C@@H]2CS(=O)(=O)C[C@H]21. The van der Waals surface area contributed by atoms with Crippen LogP contribution in [0.25, 0.3) is 0 Å². The Balaban J connectivity index is 1.90. The smallest absolute Gasteiger partial charge is 0.303 e. The normalized spacial score (nSPS) is 24.9. The van der Waals surface area contributed by atoms with Gasteiger partial charge in [-0.15, -0.1) is 0 Å². The number of thioether (sulfide) groups is 1. The van der Waals surface area contributed by atoms with Crippen LogP contribution in [0.2, 0.25) is 0 Å². The van der Waals surface area contributed by atoms with E-state index in [1.54, 1.807) is 0 Å². The van der Waals surface area contributed by atoms with Crippen LogP contribution in [0.4, 0.5) is 5.69 Å². The van der Waals surface area contributed by atoms with E-state index >= 15 is 0 Å². The number of carboxylic acid groups (broad SMARTS) is 1. The maximum Gasteiger partial charge on any atom is 0.303 e. The fraction of sp³-hybridized carbons (Fsp3) is 0.500. The van der Waals surface area contributed by atoms with Crippen molar-refractivity contribution < 1.29 is 23.1 Å². The fourth-order valence-corrected chi connectivity index (χ4v) is 7.37. The molecule has 9 heteroatoms. The number of aryl methyl sites for hydroxylation is 1. The molecule has 2 aliphatic rings. The minimum Gasteiger partial charge on any atom is -0.481 e. The highest BCUT2D eigenvalue weighted by Gasteiger charge is 2.49. The quantitative estimate of drug-likeness (QED) is 0.766. The van der Waals surface area contributed by atoms with Gasteiger partial charge in [0.05, 0.1) is 17.5 Å². The van der Waals surface area contributed by atoms with E-state index in [-0.39, 0.29) is 48.0 Å². The average molecular weight is 411 g/mol. The number of sulfone groups is 1. The van der Waals surface area contributed by atoms with E-state index in [1.165, 1.54) is 11.8 Å². The Hall–Kier alpha value is -1.87. The molecule has 2 heterocycles. The molecule has 0 aliphatic carbocycles. The molecule has 2 atom stereocenters. The second-order valence-electron chi connectivity index (χ2n) is 6.69. The van der Waals surface area contributed by atoms with Crippen molar-refractivity contribution in [3.63, 3.8) is 0 Å². The maximum atomic E-state index is 12.2. The molecule has 2 aliphatic heterocycles. The van der Waals surface area contributed by atoms with Crippen LogP contribution < -0.4 is 4.90 Å². The van der Waals surface area contributed by atoms with Crippen LogP contribution in [-0.4, -0.2) is 53.4 Å². The second kappa shape index (κ2) is 8.02. The van der Waals surface area contributed by atoms with Gasteiger partial charge >= 0.3 is 5.97 Å². The molecule has 0 aromatic heterocycles. The molecule has 0 bridgehead atoms. The fourth-order valence-electron chi connectivity index (χ4n) is 3.44. The largest absolute Gasteiger partial charge is 0.481 e. The number of anilines is 1. The van der Waals surface area contributed by atoms with Gasteiger partial charge in [0.15, 0.2) is 15.0 Å². The summed E-state index contributed by atoms with van der Waals surface area (Å²) in [6, 6.07) is 7.50. The number of aliphatic carboxylic acids is 1. The van der Waals surface area contributed by atoms with Crippen molar-refractivity contribution >= 4 is 44.3 Å². The van der Waals surface area contributed by atoms with Crippen molar-refractivity contribution in [2.75, 3.05) is 16.4 Å². The Morgan fingerprint density at radius 3 is 2.70 bits per heavy atom. The maximum absolute atomic E-state index is 12.2. The van der Waals surface area contributed by atoms with Crippen LogP contribution in [0.3, 0.4) is 0 Å². The van der Waals surface area contributed by atoms with Gasteiger partial charge in [-0.25, -0.2) is 8.42 Å². The number of carbonyl (C=O) groups is 2. The van der Waals surface area contributed by atoms with Crippen LogP contribution in [0.5, 0.6) is 0 Å². The second-order valence-corrected chi connectivity index (χ2v) is 10.0. The lowest BCUT2D eigenvalue weighted by molar-refractivity contribution is -0.137. The van der Waals surface area contributed by atoms with E-state index in [4.69, 9.17) is 5.11 Å². The molecule has 0 saturated carbocycles. The van der Waals surface area contributed by atoms with Gasteiger partial charge in [0, 0.05) is 23.8 Å². The van der Waals surface area contributed by atoms with E-state index in [0.29, 0.717) is 5.17 Å². The standard InChI is InChI=1S/C18H22N2O5S2/c1-2-12-6-3-4-7-13(12)20-14-10-27(24,25)11-15(14)26-18(20)19-16(21)8-5-9-17(22)23/h3-4,6-7,14-15H,2,5,8-11H2,1H3,(H,22,23)/t14-,15-/m1/s1. The first-order valence-corrected chi connectivity index (χ1v) is 11.6. The Morgan fingerprint density at radius 2 is 2.00 bits per heavy atom. The van der Waals surface area contributed by atoms with Gasteiger partial charge in [0.25, 0.3) is 0 Å². The molecular weight excluding hydrogens is 388 g/mol. The molecule has 2 saturated heterocycles. The Bertz CT molecular complexity index is 881. The van der Waals surface area contributed by atoms with Gasteiger partial charge in [-0.3, -0.25) is 9.59 Å². The molecule has 7 nitrogen and oxygen atoms in total. The lowest BCUT2D eigenvalue weighted by atomic mass is 10.1. The van der Waals surface area contributed by atoms with Crippen molar-refractivity contribution in [1.82, 2.24) is 0 Å². The van der Waals surface area contributed by atoms with Gasteiger partial charge in [-0.05, 0) is 24.5 Å². The highest BCUT2D eigenvalue weighted by atomic mass is 32.2. The number of fused-ring (bicyclic) bond motifs is 1. The summed E-state index contributed by atoms with van der Waals surface area (Å²) in [7, 11) is -3.11. The number of amidine groups is 1. The number of aliphatic imine (C=N–C) groups is 1. The molecule has 1 aromatic rings. The Kier molecular flexibility index (Phi) is 5.90. The zero-order chi connectivity index (χ0) is 19.6. The lowest BCUT2D eigenvalue weighted by Crippen LogP contribution is -2.38. The first-order valence-electron chi connectivity index (χ1n) is 8.88. The number of hydrogen-bond acceptors (Lipinski definition) is 5. The molecule has 1 aromatic carbocycles. The third kappa shape index (κ3) is 4.52. The third-order valence-electron chi connectivity index (χ3n) is 4.70. The zero-order valence-electron chi connectivity index (χ0n) is 15.0. The molecule has 1 amide bonds. The first-order chi connectivity index (χ1) is 12.8. The van der Waals surface area contributed by atoms with Gasteiger partial charge in [-0.1, -0.05) is 36.9 Å². The van der Waals surface area contributed by atoms with Crippen LogP contribution >= 0.6 is 11.8 Å². The molecular formula is C18H22N2O5S2. The zero-order valence-corrected chi connectivity index (χ0v) is 16.6. The minimum absolute atomic E-state index is 0.0505. The monoisotopic (exact) mass is 410 g/mol. The summed E-state index contributed by atoms with van der Waals surface area (Å²) in [6.07, 6.45) is 1.01. The number of benzene rings is 1. The van der Waals surface area contributed by atoms with Gasteiger partial charge in [-0.2, -0.15) is 4.99 Å². The van der Waals surface area contributed by atoms with Gasteiger partial charge in [0.1, 0.15) is 0 Å². The van der Waals surface area contributed by atoms with Gasteiger partial charge in [0.2, 0.25) is 5.91 Å². The molecule has 0 unspecified atom stereocenters. The summed E-state index contributed by atoms with van der Waals surface area (Å²) >= 11 is 1.33. The number of para-hydroxylation sites is 1. The topological polar surface area (TPSA) is 104 Å². The molecule has 0 radical (unpaired) electrons. The average Bonchev–Trinajstić information content (AvgIpc) is 3.05. The highest BCUT2D eigenvalue weighted by molar-refractivity contribution is 8.16. The van der Waals surface area contributed by atoms with Gasteiger partial charge < -0.3 is 10.0 Å². The lowest BCUT2D eigenvalue weighted by Gasteiger charge is -2.26. The molecule has 146 valence electrons. The predicted molar refractivity (Wildman–Crippen MR) is 106 cm³/mol. The summed E-state index contributed by atoms with van der Waals surface area (Å²) in [5.74, 6) is -1.18. The number of amides is 1. The van der Waals surface area contributed by atoms with Crippen LogP contribution in [0.1, 0.15) is 31.7 Å². The van der Waals surface area contributed by atoms with E-state index in [1.807, 2.05) is 36.1 Å². The molecule has 27 heavy (non-hydrogen) atoms. The Morgan fingerprint density at radius 1 is 1.26 bits per heavy atom. The molecule has 1 N–H and O–H groups in total. The number of carbonyl (C=O) groups excluding carboxylic acids is 1. The Labute approximate surface area is 162 Å².